The van der Waals surface area contributed by atoms with E-state index in [2.05, 4.69) is 12.2 Å². The molecular weight excluding hydrogens is 282 g/mol. The molecule has 2 fully saturated rings. The number of nitrogens with one attached hydrogen (secondary N) is 1. The van der Waals surface area contributed by atoms with Gasteiger partial charge in [-0.2, -0.15) is 0 Å². The number of thioether (sulfide) groups is 1. The van der Waals surface area contributed by atoms with Crippen molar-refractivity contribution in [2.24, 2.45) is 5.41 Å². The summed E-state index contributed by atoms with van der Waals surface area (Å²) in [7, 11) is 0. The van der Waals surface area contributed by atoms with Gasteiger partial charge in [0.2, 0.25) is 0 Å². The number of rotatable bonds is 4. The lowest BCUT2D eigenvalue weighted by Gasteiger charge is -2.52. The van der Waals surface area contributed by atoms with E-state index < -0.39 is 0 Å². The van der Waals surface area contributed by atoms with Crippen molar-refractivity contribution in [3.63, 3.8) is 0 Å². The van der Waals surface area contributed by atoms with E-state index in [1.165, 1.54) is 6.42 Å². The number of hydrogen-bond donors (Lipinski definition) is 1. The summed E-state index contributed by atoms with van der Waals surface area (Å²) in [5.41, 5.74) is 1.12. The fourth-order valence-electron chi connectivity index (χ4n) is 3.47. The first-order valence-electron chi connectivity index (χ1n) is 7.85. The van der Waals surface area contributed by atoms with Crippen molar-refractivity contribution in [1.82, 2.24) is 5.32 Å². The van der Waals surface area contributed by atoms with Crippen LogP contribution in [0.4, 0.5) is 0 Å². The Morgan fingerprint density at radius 1 is 1.33 bits per heavy atom. The molecule has 3 rings (SSSR count). The second-order valence-electron chi connectivity index (χ2n) is 5.97. The Labute approximate surface area is 130 Å². The van der Waals surface area contributed by atoms with Crippen molar-refractivity contribution in [3.05, 3.63) is 29.8 Å². The molecule has 1 aromatic rings. The van der Waals surface area contributed by atoms with Crippen molar-refractivity contribution < 1.29 is 9.53 Å². The normalized spacial score (nSPS) is 23.6. The molecule has 4 heteroatoms. The summed E-state index contributed by atoms with van der Waals surface area (Å²) in [6.45, 7) is 3.80. The predicted octanol–water partition coefficient (Wildman–Crippen LogP) is 3.49. The van der Waals surface area contributed by atoms with E-state index in [0.29, 0.717) is 11.5 Å². The minimum atomic E-state index is 0.0853. The van der Waals surface area contributed by atoms with E-state index in [-0.39, 0.29) is 5.91 Å². The van der Waals surface area contributed by atoms with E-state index in [0.717, 1.165) is 48.7 Å². The molecule has 21 heavy (non-hydrogen) atoms. The third-order valence-electron chi connectivity index (χ3n) is 4.90. The van der Waals surface area contributed by atoms with Crippen LogP contribution in [0.1, 0.15) is 43.0 Å². The predicted molar refractivity (Wildman–Crippen MR) is 85.8 cm³/mol. The molecule has 2 aliphatic rings. The van der Waals surface area contributed by atoms with Gasteiger partial charge in [-0.1, -0.05) is 19.1 Å². The smallest absolute Gasteiger partial charge is 0.252 e. The largest absolute Gasteiger partial charge is 0.381 e. The highest BCUT2D eigenvalue weighted by Gasteiger charge is 2.48. The fraction of sp³-hybridized carbons (Fsp3) is 0.588. The van der Waals surface area contributed by atoms with Gasteiger partial charge in [-0.3, -0.25) is 4.79 Å². The highest BCUT2D eigenvalue weighted by molar-refractivity contribution is 7.99. The number of amides is 1. The molecule has 0 bridgehead atoms. The van der Waals surface area contributed by atoms with Gasteiger partial charge in [0, 0.05) is 24.2 Å². The molecule has 1 saturated heterocycles. The fourth-order valence-corrected chi connectivity index (χ4v) is 4.27. The first kappa shape index (κ1) is 14.9. The Balaban J connectivity index is 1.69. The Bertz CT molecular complexity index is 511. The molecule has 1 aliphatic heterocycles. The minimum Gasteiger partial charge on any atom is -0.381 e. The molecule has 1 N–H and O–H groups in total. The van der Waals surface area contributed by atoms with Crippen LogP contribution in [-0.2, 0) is 4.74 Å². The summed E-state index contributed by atoms with van der Waals surface area (Å²) in [6.07, 6.45) is 4.51. The SMILES string of the molecule is CCSc1ccccc1C(=O)NC1CCC12CCOCC2. The lowest BCUT2D eigenvalue weighted by atomic mass is 9.60. The molecule has 0 radical (unpaired) electrons. The van der Waals surface area contributed by atoms with Crippen molar-refractivity contribution in [2.45, 2.75) is 43.5 Å². The molecule has 1 aromatic carbocycles. The van der Waals surface area contributed by atoms with Gasteiger partial charge >= 0.3 is 0 Å². The lowest BCUT2D eigenvalue weighted by molar-refractivity contribution is -0.0523. The first-order chi connectivity index (χ1) is 10.2. The average molecular weight is 305 g/mol. The van der Waals surface area contributed by atoms with Crippen molar-refractivity contribution in [2.75, 3.05) is 19.0 Å². The molecule has 114 valence electrons. The monoisotopic (exact) mass is 305 g/mol. The van der Waals surface area contributed by atoms with Crippen molar-refractivity contribution in [1.29, 1.82) is 0 Å². The third kappa shape index (κ3) is 2.97. The molecule has 1 spiro atoms. The number of carbonyl (C=O) groups excluding carboxylic acids is 1. The third-order valence-corrected chi connectivity index (χ3v) is 5.85. The molecule has 1 saturated carbocycles. The van der Waals surface area contributed by atoms with Crippen LogP contribution in [0, 0.1) is 5.41 Å². The minimum absolute atomic E-state index is 0.0853. The van der Waals surface area contributed by atoms with E-state index >= 15 is 0 Å². The van der Waals surface area contributed by atoms with Crippen molar-refractivity contribution in [3.8, 4) is 0 Å². The number of carbonyl (C=O) groups is 1. The maximum Gasteiger partial charge on any atom is 0.252 e. The summed E-state index contributed by atoms with van der Waals surface area (Å²) in [4.78, 5) is 13.7. The van der Waals surface area contributed by atoms with Crippen LogP contribution in [0.3, 0.4) is 0 Å². The van der Waals surface area contributed by atoms with Gasteiger partial charge in [-0.15, -0.1) is 11.8 Å². The Morgan fingerprint density at radius 3 is 2.76 bits per heavy atom. The molecule has 3 nitrogen and oxygen atoms in total. The molecular formula is C17H23NO2S. The summed E-state index contributed by atoms with van der Waals surface area (Å²) in [5, 5.41) is 3.28. The van der Waals surface area contributed by atoms with Crippen LogP contribution in [0.15, 0.2) is 29.2 Å². The lowest BCUT2D eigenvalue weighted by Crippen LogP contribution is -2.57. The molecule has 1 atom stereocenters. The number of hydrogen-bond acceptors (Lipinski definition) is 3. The van der Waals surface area contributed by atoms with Gasteiger partial charge in [0.05, 0.1) is 5.56 Å². The van der Waals surface area contributed by atoms with Crippen LogP contribution in [-0.4, -0.2) is 30.9 Å². The second-order valence-corrected chi connectivity index (χ2v) is 7.27. The summed E-state index contributed by atoms with van der Waals surface area (Å²) >= 11 is 1.73. The molecule has 1 amide bonds. The summed E-state index contributed by atoms with van der Waals surface area (Å²) in [5.74, 6) is 1.07. The Kier molecular flexibility index (Phi) is 4.55. The Hall–Kier alpha value is -1.00. The average Bonchev–Trinajstić information content (AvgIpc) is 2.53. The summed E-state index contributed by atoms with van der Waals surface area (Å²) in [6, 6.07) is 8.24. The highest BCUT2D eigenvalue weighted by atomic mass is 32.2. The number of ether oxygens (including phenoxy) is 1. The topological polar surface area (TPSA) is 38.3 Å². The molecule has 0 aromatic heterocycles. The van der Waals surface area contributed by atoms with Gasteiger partial charge in [-0.05, 0) is 49.0 Å². The molecule has 1 aliphatic carbocycles. The van der Waals surface area contributed by atoms with E-state index in [1.807, 2.05) is 24.3 Å². The van der Waals surface area contributed by atoms with Crippen molar-refractivity contribution >= 4 is 17.7 Å². The molecule has 1 heterocycles. The van der Waals surface area contributed by atoms with Crippen LogP contribution >= 0.6 is 11.8 Å². The quantitative estimate of drug-likeness (QED) is 0.865. The molecule has 1 unspecified atom stereocenters. The summed E-state index contributed by atoms with van der Waals surface area (Å²) < 4.78 is 5.47. The van der Waals surface area contributed by atoms with E-state index in [1.54, 1.807) is 11.8 Å². The second kappa shape index (κ2) is 6.41. The van der Waals surface area contributed by atoms with Gasteiger partial charge in [0.1, 0.15) is 0 Å². The standard InChI is InChI=1S/C17H23NO2S/c1-2-21-14-6-4-3-5-13(14)16(19)18-15-7-8-17(15)9-11-20-12-10-17/h3-6,15H,2,7-12H2,1H3,(H,18,19). The van der Waals surface area contributed by atoms with Gasteiger partial charge in [0.25, 0.3) is 5.91 Å². The Morgan fingerprint density at radius 2 is 2.10 bits per heavy atom. The van der Waals surface area contributed by atoms with Crippen LogP contribution in [0.2, 0.25) is 0 Å². The zero-order chi connectivity index (χ0) is 14.7. The van der Waals surface area contributed by atoms with Crippen LogP contribution < -0.4 is 5.32 Å². The van der Waals surface area contributed by atoms with Crippen LogP contribution in [0.5, 0.6) is 0 Å². The van der Waals surface area contributed by atoms with Crippen LogP contribution in [0.25, 0.3) is 0 Å². The maximum absolute atomic E-state index is 12.6. The van der Waals surface area contributed by atoms with Gasteiger partial charge in [0.15, 0.2) is 0 Å². The van der Waals surface area contributed by atoms with E-state index in [4.69, 9.17) is 4.74 Å². The van der Waals surface area contributed by atoms with Gasteiger partial charge < -0.3 is 10.1 Å². The van der Waals surface area contributed by atoms with E-state index in [9.17, 15) is 4.79 Å². The first-order valence-corrected chi connectivity index (χ1v) is 8.84. The number of benzene rings is 1. The zero-order valence-corrected chi connectivity index (χ0v) is 13.4. The zero-order valence-electron chi connectivity index (χ0n) is 12.6. The van der Waals surface area contributed by atoms with Gasteiger partial charge in [-0.25, -0.2) is 0 Å². The highest BCUT2D eigenvalue weighted by Crippen LogP contribution is 2.48. The maximum atomic E-state index is 12.6.